The van der Waals surface area contributed by atoms with E-state index in [4.69, 9.17) is 16.0 Å². The SMILES string of the molecule is O=c1oc(-c2c(F)cccc2Cl)nn1-c1ccc(OC(F)(F)F)c(C(F)(F)F)c1. The van der Waals surface area contributed by atoms with Gasteiger partial charge in [0, 0.05) is 0 Å². The highest BCUT2D eigenvalue weighted by Gasteiger charge is 2.39. The predicted octanol–water partition coefficient (Wildman–Crippen LogP) is 5.20. The van der Waals surface area contributed by atoms with Gasteiger partial charge in [-0.1, -0.05) is 17.7 Å². The van der Waals surface area contributed by atoms with E-state index in [0.29, 0.717) is 16.8 Å². The summed E-state index contributed by atoms with van der Waals surface area (Å²) < 4.78 is 98.8. The lowest BCUT2D eigenvalue weighted by Gasteiger charge is -2.16. The summed E-state index contributed by atoms with van der Waals surface area (Å²) in [7, 11) is 0. The molecular formula is C16H6ClF7N2O3. The van der Waals surface area contributed by atoms with Crippen molar-refractivity contribution in [3.8, 4) is 22.9 Å². The Morgan fingerprint density at radius 2 is 1.76 bits per heavy atom. The highest BCUT2D eigenvalue weighted by molar-refractivity contribution is 6.33. The van der Waals surface area contributed by atoms with Gasteiger partial charge in [0.05, 0.1) is 21.8 Å². The summed E-state index contributed by atoms with van der Waals surface area (Å²) in [6.45, 7) is 0. The fourth-order valence-electron chi connectivity index (χ4n) is 2.33. The molecule has 0 saturated heterocycles. The minimum atomic E-state index is -5.37. The van der Waals surface area contributed by atoms with Gasteiger partial charge in [-0.15, -0.1) is 18.3 Å². The van der Waals surface area contributed by atoms with Crippen LogP contribution in [0.4, 0.5) is 30.7 Å². The average molecular weight is 443 g/mol. The van der Waals surface area contributed by atoms with Crippen molar-refractivity contribution in [1.29, 1.82) is 0 Å². The molecule has 0 spiro atoms. The molecule has 0 N–H and O–H groups in total. The molecule has 0 fully saturated rings. The number of nitrogens with zero attached hydrogens (tertiary/aromatic N) is 2. The zero-order chi connectivity index (χ0) is 21.6. The molecular weight excluding hydrogens is 437 g/mol. The number of benzene rings is 2. The van der Waals surface area contributed by atoms with Crippen LogP contribution in [-0.4, -0.2) is 16.1 Å². The number of rotatable bonds is 3. The first kappa shape index (κ1) is 20.7. The number of hydrogen-bond acceptors (Lipinski definition) is 4. The molecule has 1 aromatic heterocycles. The van der Waals surface area contributed by atoms with Gasteiger partial charge in [-0.05, 0) is 30.3 Å². The van der Waals surface area contributed by atoms with Crippen molar-refractivity contribution in [1.82, 2.24) is 9.78 Å². The van der Waals surface area contributed by atoms with E-state index in [0.717, 1.165) is 6.07 Å². The van der Waals surface area contributed by atoms with E-state index in [2.05, 4.69) is 9.84 Å². The maximum atomic E-state index is 13.9. The Morgan fingerprint density at radius 3 is 2.34 bits per heavy atom. The van der Waals surface area contributed by atoms with Crippen LogP contribution in [0.2, 0.25) is 5.02 Å². The van der Waals surface area contributed by atoms with Crippen LogP contribution in [-0.2, 0) is 6.18 Å². The lowest BCUT2D eigenvalue weighted by Crippen LogP contribution is -2.21. The molecule has 0 amide bonds. The third kappa shape index (κ3) is 4.36. The van der Waals surface area contributed by atoms with Gasteiger partial charge in [0.25, 0.3) is 5.89 Å². The monoisotopic (exact) mass is 442 g/mol. The summed E-state index contributed by atoms with van der Waals surface area (Å²) in [5.41, 5.74) is -2.83. The standard InChI is InChI=1S/C16H6ClF7N2O3/c17-9-2-1-3-10(18)12(9)13-25-26(14(27)28-13)7-4-5-11(29-16(22,23)24)8(6-7)15(19,20)21/h1-6H. The molecule has 0 atom stereocenters. The van der Waals surface area contributed by atoms with Crippen LogP contribution in [0.15, 0.2) is 45.6 Å². The molecule has 3 aromatic rings. The normalized spacial score (nSPS) is 12.3. The van der Waals surface area contributed by atoms with Crippen LogP contribution in [0.1, 0.15) is 5.56 Å². The zero-order valence-corrected chi connectivity index (χ0v) is 14.4. The van der Waals surface area contributed by atoms with E-state index in [1.165, 1.54) is 12.1 Å². The summed E-state index contributed by atoms with van der Waals surface area (Å²) in [4.78, 5) is 12.0. The second-order valence-electron chi connectivity index (χ2n) is 5.41. The van der Waals surface area contributed by atoms with Gasteiger partial charge in [-0.2, -0.15) is 17.9 Å². The van der Waals surface area contributed by atoms with Gasteiger partial charge in [0.15, 0.2) is 0 Å². The van der Waals surface area contributed by atoms with Crippen LogP contribution < -0.4 is 10.5 Å². The summed E-state index contributed by atoms with van der Waals surface area (Å²) in [6.07, 6.45) is -10.6. The highest BCUT2D eigenvalue weighted by atomic mass is 35.5. The molecule has 2 aromatic carbocycles. The Hall–Kier alpha value is -3.02. The second kappa shape index (κ2) is 7.10. The number of hydrogen-bond donors (Lipinski definition) is 0. The van der Waals surface area contributed by atoms with Gasteiger partial charge >= 0.3 is 18.3 Å². The minimum absolute atomic E-state index is 0.191. The van der Waals surface area contributed by atoms with E-state index in [1.807, 2.05) is 0 Å². The van der Waals surface area contributed by atoms with Crippen molar-refractivity contribution >= 4 is 11.6 Å². The number of ether oxygens (including phenoxy) is 1. The van der Waals surface area contributed by atoms with Crippen molar-refractivity contribution < 1.29 is 39.9 Å². The van der Waals surface area contributed by atoms with Crippen molar-refractivity contribution in [2.75, 3.05) is 0 Å². The minimum Gasteiger partial charge on any atom is -0.405 e. The van der Waals surface area contributed by atoms with Crippen molar-refractivity contribution in [2.45, 2.75) is 12.5 Å². The molecule has 29 heavy (non-hydrogen) atoms. The molecule has 0 aliphatic carbocycles. The topological polar surface area (TPSA) is 57.3 Å². The molecule has 0 aliphatic rings. The van der Waals surface area contributed by atoms with Crippen LogP contribution >= 0.6 is 11.6 Å². The summed E-state index contributed by atoms with van der Waals surface area (Å²) >= 11 is 5.82. The molecule has 0 aliphatic heterocycles. The van der Waals surface area contributed by atoms with Gasteiger partial charge in [-0.3, -0.25) is 0 Å². The molecule has 0 bridgehead atoms. The Balaban J connectivity index is 2.13. The molecule has 0 radical (unpaired) electrons. The van der Waals surface area contributed by atoms with Crippen LogP contribution in [0.5, 0.6) is 5.75 Å². The fourth-order valence-corrected chi connectivity index (χ4v) is 2.57. The molecule has 0 saturated carbocycles. The van der Waals surface area contributed by atoms with E-state index in [-0.39, 0.29) is 11.1 Å². The van der Waals surface area contributed by atoms with Gasteiger partial charge in [0.2, 0.25) is 0 Å². The predicted molar refractivity (Wildman–Crippen MR) is 84.2 cm³/mol. The zero-order valence-electron chi connectivity index (χ0n) is 13.6. The first-order valence-corrected chi connectivity index (χ1v) is 7.76. The van der Waals surface area contributed by atoms with E-state index in [9.17, 15) is 35.5 Å². The van der Waals surface area contributed by atoms with E-state index >= 15 is 0 Å². The summed E-state index contributed by atoms with van der Waals surface area (Å²) in [5, 5.41) is 3.39. The average Bonchev–Trinajstić information content (AvgIpc) is 2.94. The summed E-state index contributed by atoms with van der Waals surface area (Å²) in [5.74, 6) is -4.40. The van der Waals surface area contributed by atoms with Crippen LogP contribution in [0.25, 0.3) is 17.1 Å². The van der Waals surface area contributed by atoms with E-state index < -0.39 is 52.6 Å². The Bertz CT molecular complexity index is 1100. The Kier molecular flexibility index (Phi) is 5.07. The third-order valence-corrected chi connectivity index (χ3v) is 3.78. The molecule has 13 heteroatoms. The van der Waals surface area contributed by atoms with Gasteiger partial charge in [-0.25, -0.2) is 9.18 Å². The smallest absolute Gasteiger partial charge is 0.405 e. The number of halogens is 8. The second-order valence-corrected chi connectivity index (χ2v) is 5.81. The van der Waals surface area contributed by atoms with Crippen LogP contribution in [0.3, 0.4) is 0 Å². The van der Waals surface area contributed by atoms with E-state index in [1.54, 1.807) is 0 Å². The fraction of sp³-hybridized carbons (Fsp3) is 0.125. The van der Waals surface area contributed by atoms with Gasteiger partial charge in [0.1, 0.15) is 11.6 Å². The van der Waals surface area contributed by atoms with Gasteiger partial charge < -0.3 is 9.15 Å². The largest absolute Gasteiger partial charge is 0.573 e. The molecule has 0 unspecified atom stereocenters. The Labute approximate surface area is 160 Å². The van der Waals surface area contributed by atoms with Crippen molar-refractivity contribution in [3.05, 3.63) is 63.4 Å². The van der Waals surface area contributed by atoms with Crippen LogP contribution in [0, 0.1) is 5.82 Å². The lowest BCUT2D eigenvalue weighted by molar-refractivity contribution is -0.276. The molecule has 3 rings (SSSR count). The first-order valence-electron chi connectivity index (χ1n) is 7.39. The van der Waals surface area contributed by atoms with Crippen molar-refractivity contribution in [2.24, 2.45) is 0 Å². The maximum absolute atomic E-state index is 13.9. The molecule has 1 heterocycles. The summed E-state index contributed by atoms with van der Waals surface area (Å²) in [6, 6.07) is 4.77. The van der Waals surface area contributed by atoms with Crippen molar-refractivity contribution in [3.63, 3.8) is 0 Å². The quantitative estimate of drug-likeness (QED) is 0.523. The maximum Gasteiger partial charge on any atom is 0.573 e. The number of aromatic nitrogens is 2. The first-order chi connectivity index (χ1) is 13.4. The Morgan fingerprint density at radius 1 is 1.07 bits per heavy atom. The third-order valence-electron chi connectivity index (χ3n) is 3.46. The highest BCUT2D eigenvalue weighted by Crippen LogP contribution is 2.39. The molecule has 5 nitrogen and oxygen atoms in total. The lowest BCUT2D eigenvalue weighted by atomic mass is 10.1. The number of alkyl halides is 6. The molecule has 154 valence electrons.